The lowest BCUT2D eigenvalue weighted by molar-refractivity contribution is -0.00344. The molecule has 0 aliphatic carbocycles. The summed E-state index contributed by atoms with van der Waals surface area (Å²) in [5, 5.41) is 0. The molecule has 3 atom stereocenters. The van der Waals surface area contributed by atoms with Crippen LogP contribution in [0.1, 0.15) is 40.2 Å². The summed E-state index contributed by atoms with van der Waals surface area (Å²) in [6, 6.07) is 11.1. The molecule has 4 saturated heterocycles. The van der Waals surface area contributed by atoms with Gasteiger partial charge in [0.25, 0.3) is 5.91 Å². The quantitative estimate of drug-likeness (QED) is 0.825. The maximum Gasteiger partial charge on any atom is 0.256 e. The Labute approximate surface area is 166 Å². The molecule has 2 bridgehead atoms. The SMILES string of the molecule is COc1ccc([C@@H]2CN(C(=O)c3cnccc3C)[C@@H]3C4CCN(CC4)[C@@H]32)cc1. The van der Waals surface area contributed by atoms with Gasteiger partial charge in [-0.25, -0.2) is 0 Å². The lowest BCUT2D eigenvalue weighted by atomic mass is 9.75. The molecule has 5 heterocycles. The molecule has 0 spiro atoms. The number of carbonyl (C=O) groups excluding carboxylic acids is 1. The summed E-state index contributed by atoms with van der Waals surface area (Å²) in [6.07, 6.45) is 5.89. The molecule has 5 heteroatoms. The van der Waals surface area contributed by atoms with Gasteiger partial charge in [0.2, 0.25) is 0 Å². The smallest absolute Gasteiger partial charge is 0.256 e. The van der Waals surface area contributed by atoms with Crippen LogP contribution < -0.4 is 4.74 Å². The molecule has 5 nitrogen and oxygen atoms in total. The van der Waals surface area contributed by atoms with E-state index in [1.54, 1.807) is 19.5 Å². The topological polar surface area (TPSA) is 45.7 Å². The molecule has 4 aliphatic heterocycles. The number of hydrogen-bond acceptors (Lipinski definition) is 4. The number of carbonyl (C=O) groups is 1. The second-order valence-electron chi connectivity index (χ2n) is 8.38. The van der Waals surface area contributed by atoms with Gasteiger partial charge in [-0.3, -0.25) is 14.7 Å². The molecule has 1 aromatic heterocycles. The molecule has 1 amide bonds. The highest BCUT2D eigenvalue weighted by molar-refractivity contribution is 5.96. The van der Waals surface area contributed by atoms with Gasteiger partial charge in [-0.1, -0.05) is 12.1 Å². The number of amides is 1. The summed E-state index contributed by atoms with van der Waals surface area (Å²) < 4.78 is 5.34. The van der Waals surface area contributed by atoms with Crippen LogP contribution in [0.4, 0.5) is 0 Å². The fourth-order valence-corrected chi connectivity index (χ4v) is 5.64. The van der Waals surface area contributed by atoms with Crippen molar-refractivity contribution in [1.82, 2.24) is 14.8 Å². The first-order valence-corrected chi connectivity index (χ1v) is 10.3. The Kier molecular flexibility index (Phi) is 4.35. The maximum absolute atomic E-state index is 13.5. The summed E-state index contributed by atoms with van der Waals surface area (Å²) in [5.41, 5.74) is 3.06. The van der Waals surface area contributed by atoms with E-state index >= 15 is 0 Å². The average Bonchev–Trinajstić information content (AvgIpc) is 3.17. The van der Waals surface area contributed by atoms with Gasteiger partial charge in [-0.15, -0.1) is 0 Å². The summed E-state index contributed by atoms with van der Waals surface area (Å²) >= 11 is 0. The minimum Gasteiger partial charge on any atom is -0.497 e. The van der Waals surface area contributed by atoms with E-state index in [1.807, 2.05) is 25.1 Å². The van der Waals surface area contributed by atoms with E-state index in [0.29, 0.717) is 23.9 Å². The molecule has 146 valence electrons. The maximum atomic E-state index is 13.5. The fraction of sp³-hybridized carbons (Fsp3) is 0.478. The number of hydrogen-bond donors (Lipinski definition) is 0. The summed E-state index contributed by atoms with van der Waals surface area (Å²) in [6.45, 7) is 5.10. The van der Waals surface area contributed by atoms with Crippen molar-refractivity contribution in [3.8, 4) is 5.75 Å². The van der Waals surface area contributed by atoms with Crippen LogP contribution in [0.3, 0.4) is 0 Å². The first-order valence-electron chi connectivity index (χ1n) is 10.3. The number of rotatable bonds is 3. The number of aryl methyl sites for hydroxylation is 1. The van der Waals surface area contributed by atoms with Gasteiger partial charge in [0.05, 0.1) is 18.7 Å². The van der Waals surface area contributed by atoms with Gasteiger partial charge in [-0.2, -0.15) is 0 Å². The molecular formula is C23H27N3O2. The van der Waals surface area contributed by atoms with Crippen LogP contribution in [0.25, 0.3) is 0 Å². The van der Waals surface area contributed by atoms with E-state index in [2.05, 4.69) is 26.9 Å². The average molecular weight is 377 g/mol. The van der Waals surface area contributed by atoms with E-state index in [-0.39, 0.29) is 5.91 Å². The third-order valence-corrected chi connectivity index (χ3v) is 7.07. The summed E-state index contributed by atoms with van der Waals surface area (Å²) in [7, 11) is 1.70. The van der Waals surface area contributed by atoms with Crippen LogP contribution >= 0.6 is 0 Å². The molecule has 6 rings (SSSR count). The minimum absolute atomic E-state index is 0.144. The van der Waals surface area contributed by atoms with E-state index in [4.69, 9.17) is 4.74 Å². The zero-order valence-corrected chi connectivity index (χ0v) is 16.5. The van der Waals surface area contributed by atoms with Crippen LogP contribution in [-0.4, -0.2) is 59.5 Å². The summed E-state index contributed by atoms with van der Waals surface area (Å²) in [4.78, 5) is 22.5. The molecule has 4 fully saturated rings. The number of aromatic nitrogens is 1. The van der Waals surface area contributed by atoms with Crippen LogP contribution in [0.5, 0.6) is 5.75 Å². The number of likely N-dealkylation sites (tertiary alicyclic amines) is 1. The lowest BCUT2D eigenvalue weighted by Crippen LogP contribution is -2.60. The van der Waals surface area contributed by atoms with Crippen molar-refractivity contribution in [3.05, 3.63) is 59.4 Å². The first-order chi connectivity index (χ1) is 13.7. The monoisotopic (exact) mass is 377 g/mol. The Bertz CT molecular complexity index is 874. The zero-order valence-electron chi connectivity index (χ0n) is 16.5. The van der Waals surface area contributed by atoms with E-state index in [0.717, 1.165) is 36.5 Å². The van der Waals surface area contributed by atoms with Crippen LogP contribution in [0.2, 0.25) is 0 Å². The fourth-order valence-electron chi connectivity index (χ4n) is 5.64. The van der Waals surface area contributed by atoms with E-state index < -0.39 is 0 Å². The van der Waals surface area contributed by atoms with Gasteiger partial charge in [0.15, 0.2) is 0 Å². The van der Waals surface area contributed by atoms with E-state index in [9.17, 15) is 4.79 Å². The largest absolute Gasteiger partial charge is 0.497 e. The van der Waals surface area contributed by atoms with Crippen LogP contribution in [0.15, 0.2) is 42.7 Å². The van der Waals surface area contributed by atoms with Crippen LogP contribution in [-0.2, 0) is 0 Å². The highest BCUT2D eigenvalue weighted by Gasteiger charge is 2.54. The number of benzene rings is 1. The Hall–Kier alpha value is -2.40. The van der Waals surface area contributed by atoms with E-state index in [1.165, 1.54) is 18.4 Å². The number of pyridine rings is 1. The Morgan fingerprint density at radius 1 is 1.11 bits per heavy atom. The molecule has 1 aromatic carbocycles. The highest BCUT2D eigenvalue weighted by Crippen LogP contribution is 2.47. The standard InChI is InChI=1S/C23H27N3O2/c1-15-7-10-24-13-19(15)23(27)26-14-20(16-3-5-18(28-2)6-4-16)22-21(26)17-8-11-25(22)12-9-17/h3-7,10,13,17,20-22H,8-9,11-12,14H2,1-2H3/t20-,21+,22+/m0/s1. The lowest BCUT2D eigenvalue weighted by Gasteiger charge is -2.51. The minimum atomic E-state index is 0.144. The van der Waals surface area contributed by atoms with Crippen molar-refractivity contribution < 1.29 is 9.53 Å². The third-order valence-electron chi connectivity index (χ3n) is 7.07. The number of ether oxygens (including phenoxy) is 1. The number of nitrogens with zero attached hydrogens (tertiary/aromatic N) is 3. The first kappa shape index (κ1) is 17.7. The molecule has 0 radical (unpaired) electrons. The second kappa shape index (κ2) is 6.89. The van der Waals surface area contributed by atoms with Crippen LogP contribution in [0, 0.1) is 12.8 Å². The van der Waals surface area contributed by atoms with Gasteiger partial charge >= 0.3 is 0 Å². The molecular weight excluding hydrogens is 350 g/mol. The Balaban J connectivity index is 1.52. The van der Waals surface area contributed by atoms with Gasteiger partial charge in [0.1, 0.15) is 5.75 Å². The van der Waals surface area contributed by atoms with Gasteiger partial charge in [-0.05, 0) is 68.1 Å². The van der Waals surface area contributed by atoms with Gasteiger partial charge < -0.3 is 9.64 Å². The van der Waals surface area contributed by atoms with Crippen molar-refractivity contribution in [2.45, 2.75) is 37.8 Å². The van der Waals surface area contributed by atoms with Gasteiger partial charge in [0, 0.05) is 30.9 Å². The van der Waals surface area contributed by atoms with Crippen molar-refractivity contribution in [2.24, 2.45) is 5.92 Å². The second-order valence-corrected chi connectivity index (χ2v) is 8.38. The Morgan fingerprint density at radius 2 is 1.86 bits per heavy atom. The summed E-state index contributed by atoms with van der Waals surface area (Å²) in [5.74, 6) is 1.98. The molecule has 4 aliphatic rings. The predicted molar refractivity (Wildman–Crippen MR) is 108 cm³/mol. The number of methoxy groups -OCH3 is 1. The van der Waals surface area contributed by atoms with Crippen molar-refractivity contribution in [1.29, 1.82) is 0 Å². The molecule has 28 heavy (non-hydrogen) atoms. The third kappa shape index (κ3) is 2.72. The highest BCUT2D eigenvalue weighted by atomic mass is 16.5. The normalized spacial score (nSPS) is 30.9. The number of fused-ring (bicyclic) bond motifs is 2. The predicted octanol–water partition coefficient (Wildman–Crippen LogP) is 3.10. The molecule has 0 unspecified atom stereocenters. The Morgan fingerprint density at radius 3 is 2.54 bits per heavy atom. The molecule has 2 aromatic rings. The zero-order chi connectivity index (χ0) is 19.3. The van der Waals surface area contributed by atoms with Crippen molar-refractivity contribution >= 4 is 5.91 Å². The van der Waals surface area contributed by atoms with Crippen molar-refractivity contribution in [2.75, 3.05) is 26.7 Å². The molecule has 0 N–H and O–H groups in total. The van der Waals surface area contributed by atoms with Crippen molar-refractivity contribution in [3.63, 3.8) is 0 Å². The molecule has 0 saturated carbocycles. The number of piperidine rings is 3.